The summed E-state index contributed by atoms with van der Waals surface area (Å²) in [5.74, 6) is 0.711. The highest BCUT2D eigenvalue weighted by Gasteiger charge is 2.15. The quantitative estimate of drug-likeness (QED) is 0.802. The summed E-state index contributed by atoms with van der Waals surface area (Å²) < 4.78 is 15.6. The summed E-state index contributed by atoms with van der Waals surface area (Å²) in [7, 11) is 1.30. The molecular weight excluding hydrogens is 343 g/mol. The van der Waals surface area contributed by atoms with Crippen LogP contribution in [0.25, 0.3) is 0 Å². The Morgan fingerprint density at radius 1 is 1.09 bits per heavy atom. The predicted octanol–water partition coefficient (Wildman–Crippen LogP) is 4.43. The summed E-state index contributed by atoms with van der Waals surface area (Å²) >= 11 is 11.8. The molecule has 2 aromatic rings. The van der Waals surface area contributed by atoms with E-state index in [0.717, 1.165) is 0 Å². The van der Waals surface area contributed by atoms with Gasteiger partial charge in [-0.2, -0.15) is 0 Å². The largest absolute Gasteiger partial charge is 0.506 e. The Morgan fingerprint density at radius 2 is 1.70 bits per heavy atom. The van der Waals surface area contributed by atoms with Crippen molar-refractivity contribution < 1.29 is 24.1 Å². The van der Waals surface area contributed by atoms with Gasteiger partial charge in [-0.3, -0.25) is 0 Å². The van der Waals surface area contributed by atoms with E-state index >= 15 is 0 Å². The summed E-state index contributed by atoms with van der Waals surface area (Å²) in [6, 6.07) is 9.31. The fraction of sp³-hybridized carbons (Fsp3) is 0.188. The van der Waals surface area contributed by atoms with Crippen LogP contribution in [0.15, 0.2) is 36.4 Å². The van der Waals surface area contributed by atoms with E-state index in [9.17, 15) is 9.90 Å². The normalized spacial score (nSPS) is 11.7. The molecule has 1 atom stereocenters. The molecule has 2 aromatic carbocycles. The van der Waals surface area contributed by atoms with E-state index in [1.54, 1.807) is 31.2 Å². The number of phenols is 1. The molecule has 1 unspecified atom stereocenters. The van der Waals surface area contributed by atoms with E-state index in [2.05, 4.69) is 4.74 Å². The summed E-state index contributed by atoms with van der Waals surface area (Å²) in [4.78, 5) is 11.3. The average Bonchev–Trinajstić information content (AvgIpc) is 2.53. The van der Waals surface area contributed by atoms with Gasteiger partial charge in [0.1, 0.15) is 23.0 Å². The second-order valence-electron chi connectivity index (χ2n) is 4.59. The van der Waals surface area contributed by atoms with Crippen molar-refractivity contribution >= 4 is 29.2 Å². The number of ether oxygens (including phenoxy) is 3. The number of rotatable bonds is 5. The van der Waals surface area contributed by atoms with Gasteiger partial charge in [0.05, 0.1) is 17.2 Å². The highest BCUT2D eigenvalue weighted by Crippen LogP contribution is 2.37. The van der Waals surface area contributed by atoms with Crippen LogP contribution in [0, 0.1) is 0 Å². The lowest BCUT2D eigenvalue weighted by Gasteiger charge is -2.13. The molecule has 23 heavy (non-hydrogen) atoms. The van der Waals surface area contributed by atoms with Crippen LogP contribution < -0.4 is 9.47 Å². The number of esters is 1. The van der Waals surface area contributed by atoms with Crippen molar-refractivity contribution in [3.05, 3.63) is 46.4 Å². The van der Waals surface area contributed by atoms with Gasteiger partial charge in [-0.15, -0.1) is 0 Å². The molecule has 1 N–H and O–H groups in total. The fourth-order valence-corrected chi connectivity index (χ4v) is 2.08. The highest BCUT2D eigenvalue weighted by atomic mass is 35.5. The van der Waals surface area contributed by atoms with Crippen molar-refractivity contribution in [1.82, 2.24) is 0 Å². The molecule has 2 rings (SSSR count). The minimum atomic E-state index is -0.711. The smallest absolute Gasteiger partial charge is 0.346 e. The third-order valence-corrected chi connectivity index (χ3v) is 3.50. The van der Waals surface area contributed by atoms with Gasteiger partial charge in [-0.25, -0.2) is 4.79 Å². The molecule has 0 heterocycles. The van der Waals surface area contributed by atoms with E-state index in [4.69, 9.17) is 32.7 Å². The Balaban J connectivity index is 2.08. The topological polar surface area (TPSA) is 65.0 Å². The first-order valence-corrected chi connectivity index (χ1v) is 7.36. The molecular formula is C16H14Cl2O5. The zero-order valence-electron chi connectivity index (χ0n) is 12.4. The third kappa shape index (κ3) is 4.43. The molecule has 0 spiro atoms. The number of halogens is 2. The first kappa shape index (κ1) is 17.2. The van der Waals surface area contributed by atoms with Gasteiger partial charge < -0.3 is 19.3 Å². The van der Waals surface area contributed by atoms with Crippen molar-refractivity contribution in [2.45, 2.75) is 13.0 Å². The van der Waals surface area contributed by atoms with E-state index in [1.807, 2.05) is 0 Å². The molecule has 0 saturated carbocycles. The lowest BCUT2D eigenvalue weighted by Crippen LogP contribution is -2.24. The number of carbonyl (C=O) groups excluding carboxylic acids is 1. The number of aromatic hydroxyl groups is 1. The summed E-state index contributed by atoms with van der Waals surface area (Å²) in [6.45, 7) is 1.59. The summed E-state index contributed by atoms with van der Waals surface area (Å²) in [5.41, 5.74) is 0. The molecule has 122 valence electrons. The van der Waals surface area contributed by atoms with E-state index in [-0.39, 0.29) is 15.8 Å². The molecule has 0 aliphatic carbocycles. The van der Waals surface area contributed by atoms with E-state index in [0.29, 0.717) is 17.2 Å². The van der Waals surface area contributed by atoms with Gasteiger partial charge in [0.15, 0.2) is 6.10 Å². The molecule has 0 aromatic heterocycles. The first-order chi connectivity index (χ1) is 10.9. The van der Waals surface area contributed by atoms with Crippen LogP contribution in [0.3, 0.4) is 0 Å². The van der Waals surface area contributed by atoms with Gasteiger partial charge in [0, 0.05) is 12.1 Å². The number of carbonyl (C=O) groups is 1. The Hall–Kier alpha value is -2.11. The Morgan fingerprint density at radius 3 is 2.30 bits per heavy atom. The van der Waals surface area contributed by atoms with Crippen LogP contribution >= 0.6 is 23.2 Å². The van der Waals surface area contributed by atoms with Crippen molar-refractivity contribution in [2.75, 3.05) is 7.11 Å². The Labute approximate surface area is 143 Å². The minimum absolute atomic E-state index is 0.121. The van der Waals surface area contributed by atoms with Gasteiger partial charge in [0.25, 0.3) is 0 Å². The van der Waals surface area contributed by atoms with Crippen molar-refractivity contribution in [3.63, 3.8) is 0 Å². The Bertz CT molecular complexity index is 700. The first-order valence-electron chi connectivity index (χ1n) is 6.61. The van der Waals surface area contributed by atoms with Crippen LogP contribution in [0.5, 0.6) is 23.0 Å². The summed E-state index contributed by atoms with van der Waals surface area (Å²) in [5, 5.41) is 9.81. The van der Waals surface area contributed by atoms with Gasteiger partial charge in [-0.1, -0.05) is 23.2 Å². The van der Waals surface area contributed by atoms with Crippen molar-refractivity contribution in [3.8, 4) is 23.0 Å². The molecule has 7 heteroatoms. The maximum Gasteiger partial charge on any atom is 0.346 e. The lowest BCUT2D eigenvalue weighted by molar-refractivity contribution is -0.147. The SMILES string of the molecule is COC(=O)C(C)Oc1ccc(Oc2cc(Cl)c(O)cc2Cl)cc1. The van der Waals surface area contributed by atoms with E-state index < -0.39 is 12.1 Å². The fourth-order valence-electron chi connectivity index (χ4n) is 1.73. The van der Waals surface area contributed by atoms with Crippen LogP contribution in [-0.2, 0) is 9.53 Å². The minimum Gasteiger partial charge on any atom is -0.506 e. The van der Waals surface area contributed by atoms with Gasteiger partial charge in [-0.05, 0) is 31.2 Å². The lowest BCUT2D eigenvalue weighted by atomic mass is 10.3. The van der Waals surface area contributed by atoms with Crippen molar-refractivity contribution in [2.24, 2.45) is 0 Å². The molecule has 0 aliphatic heterocycles. The molecule has 0 bridgehead atoms. The highest BCUT2D eigenvalue weighted by molar-refractivity contribution is 6.35. The van der Waals surface area contributed by atoms with Crippen LogP contribution in [-0.4, -0.2) is 24.3 Å². The summed E-state index contributed by atoms with van der Waals surface area (Å²) in [6.07, 6.45) is -0.711. The zero-order chi connectivity index (χ0) is 17.0. The van der Waals surface area contributed by atoms with Crippen LogP contribution in [0.2, 0.25) is 10.0 Å². The molecule has 0 saturated heterocycles. The third-order valence-electron chi connectivity index (χ3n) is 2.90. The van der Waals surface area contributed by atoms with E-state index in [1.165, 1.54) is 19.2 Å². The van der Waals surface area contributed by atoms with Crippen LogP contribution in [0.1, 0.15) is 6.92 Å². The molecule has 0 amide bonds. The van der Waals surface area contributed by atoms with Gasteiger partial charge in [0.2, 0.25) is 0 Å². The maximum atomic E-state index is 11.3. The molecule has 0 fully saturated rings. The maximum absolute atomic E-state index is 11.3. The molecule has 0 aliphatic rings. The second-order valence-corrected chi connectivity index (χ2v) is 5.41. The number of benzene rings is 2. The van der Waals surface area contributed by atoms with Crippen LogP contribution in [0.4, 0.5) is 0 Å². The number of methoxy groups -OCH3 is 1. The standard InChI is InChI=1S/C16H14Cl2O5/c1-9(16(20)21-2)22-10-3-5-11(6-4-10)23-15-8-12(17)14(19)7-13(15)18/h3-9,19H,1-2H3. The van der Waals surface area contributed by atoms with Gasteiger partial charge >= 0.3 is 5.97 Å². The predicted molar refractivity (Wildman–Crippen MR) is 86.7 cm³/mol. The van der Waals surface area contributed by atoms with Crippen molar-refractivity contribution in [1.29, 1.82) is 0 Å². The molecule has 5 nitrogen and oxygen atoms in total. The average molecular weight is 357 g/mol. The monoisotopic (exact) mass is 356 g/mol. The molecule has 0 radical (unpaired) electrons. The number of hydrogen-bond acceptors (Lipinski definition) is 5. The number of hydrogen-bond donors (Lipinski definition) is 1. The Kier molecular flexibility index (Phi) is 5.58. The number of phenolic OH excluding ortho intramolecular Hbond substituents is 1. The zero-order valence-corrected chi connectivity index (χ0v) is 13.9. The second kappa shape index (κ2) is 7.44.